The van der Waals surface area contributed by atoms with Gasteiger partial charge in [-0.1, -0.05) is 0 Å². The minimum atomic E-state index is -0.971. The summed E-state index contributed by atoms with van der Waals surface area (Å²) in [4.78, 5) is 15.4. The van der Waals surface area contributed by atoms with Crippen molar-refractivity contribution >= 4 is 11.8 Å². The van der Waals surface area contributed by atoms with E-state index >= 15 is 0 Å². The highest BCUT2D eigenvalue weighted by Crippen LogP contribution is 2.60. The molecular weight excluding hydrogens is 252 g/mol. The second kappa shape index (κ2) is 3.96. The largest absolute Gasteiger partial charge is 0.478 e. The third-order valence-corrected chi connectivity index (χ3v) is 5.80. The minimum Gasteiger partial charge on any atom is -0.478 e. The highest BCUT2D eigenvalue weighted by atomic mass is 16.4. The summed E-state index contributed by atoms with van der Waals surface area (Å²) in [5, 5.41) is 9.25. The molecule has 0 unspecified atom stereocenters. The highest BCUT2D eigenvalue weighted by molar-refractivity contribution is 5.92. The zero-order valence-electron chi connectivity index (χ0n) is 11.5. The third-order valence-electron chi connectivity index (χ3n) is 5.80. The molecule has 1 aromatic heterocycles. The molecule has 4 fully saturated rings. The number of anilines is 1. The average molecular weight is 272 g/mol. The van der Waals surface area contributed by atoms with E-state index in [9.17, 15) is 9.90 Å². The van der Waals surface area contributed by atoms with E-state index < -0.39 is 5.97 Å². The Balaban J connectivity index is 1.77. The molecule has 1 heterocycles. The van der Waals surface area contributed by atoms with Crippen LogP contribution < -0.4 is 5.73 Å². The Morgan fingerprint density at radius 1 is 1.20 bits per heavy atom. The number of hydrogen-bond acceptors (Lipinski definition) is 3. The van der Waals surface area contributed by atoms with Gasteiger partial charge in [0.25, 0.3) is 0 Å². The van der Waals surface area contributed by atoms with E-state index in [1.54, 1.807) is 6.07 Å². The van der Waals surface area contributed by atoms with Gasteiger partial charge < -0.3 is 10.8 Å². The standard InChI is InChI=1S/C16H20N2O2/c17-14-13(15(19)20)4-12(8-18-14)16-5-9-1-10(6-16)3-11(2-9)7-16/h4,8-11H,1-3,5-7H2,(H2,17,18)(H,19,20). The van der Waals surface area contributed by atoms with Crippen LogP contribution in [-0.4, -0.2) is 16.1 Å². The summed E-state index contributed by atoms with van der Waals surface area (Å²) < 4.78 is 0. The lowest BCUT2D eigenvalue weighted by Gasteiger charge is -2.57. The molecule has 20 heavy (non-hydrogen) atoms. The molecule has 3 N–H and O–H groups in total. The minimum absolute atomic E-state index is 0.131. The lowest BCUT2D eigenvalue weighted by Crippen LogP contribution is -2.48. The Hall–Kier alpha value is -1.58. The summed E-state index contributed by atoms with van der Waals surface area (Å²) in [5.41, 5.74) is 7.15. The van der Waals surface area contributed by atoms with Crippen LogP contribution in [0.2, 0.25) is 0 Å². The van der Waals surface area contributed by atoms with Gasteiger partial charge in [-0.05, 0) is 73.3 Å². The molecule has 0 saturated heterocycles. The predicted molar refractivity (Wildman–Crippen MR) is 75.5 cm³/mol. The van der Waals surface area contributed by atoms with Gasteiger partial charge >= 0.3 is 5.97 Å². The van der Waals surface area contributed by atoms with Gasteiger partial charge in [0.2, 0.25) is 0 Å². The molecule has 4 bridgehead atoms. The molecule has 0 radical (unpaired) electrons. The van der Waals surface area contributed by atoms with Gasteiger partial charge in [-0.15, -0.1) is 0 Å². The van der Waals surface area contributed by atoms with Crippen molar-refractivity contribution in [2.45, 2.75) is 43.9 Å². The molecule has 0 atom stereocenters. The number of nitrogens with zero attached hydrogens (tertiary/aromatic N) is 1. The van der Waals surface area contributed by atoms with E-state index in [2.05, 4.69) is 4.98 Å². The number of carboxylic acids is 1. The quantitative estimate of drug-likeness (QED) is 0.868. The Labute approximate surface area is 118 Å². The fourth-order valence-electron chi connectivity index (χ4n) is 5.40. The first-order chi connectivity index (χ1) is 9.56. The fraction of sp³-hybridized carbons (Fsp3) is 0.625. The van der Waals surface area contributed by atoms with Crippen molar-refractivity contribution in [3.05, 3.63) is 23.4 Å². The molecule has 0 spiro atoms. The molecule has 4 aliphatic carbocycles. The van der Waals surface area contributed by atoms with Crippen LogP contribution >= 0.6 is 0 Å². The molecule has 106 valence electrons. The topological polar surface area (TPSA) is 76.2 Å². The van der Waals surface area contributed by atoms with Crippen LogP contribution in [0.4, 0.5) is 5.82 Å². The summed E-state index contributed by atoms with van der Waals surface area (Å²) in [6, 6.07) is 1.79. The van der Waals surface area contributed by atoms with Gasteiger partial charge in [0.15, 0.2) is 0 Å². The smallest absolute Gasteiger partial charge is 0.339 e. The first-order valence-electron chi connectivity index (χ1n) is 7.55. The number of hydrogen-bond donors (Lipinski definition) is 2. The van der Waals surface area contributed by atoms with Gasteiger partial charge in [0.1, 0.15) is 11.4 Å². The van der Waals surface area contributed by atoms with E-state index in [4.69, 9.17) is 5.73 Å². The number of aromatic carboxylic acids is 1. The lowest BCUT2D eigenvalue weighted by atomic mass is 9.48. The summed E-state index contributed by atoms with van der Waals surface area (Å²) >= 11 is 0. The van der Waals surface area contributed by atoms with Crippen LogP contribution in [0, 0.1) is 17.8 Å². The van der Waals surface area contributed by atoms with E-state index in [1.807, 2.05) is 6.20 Å². The zero-order valence-corrected chi connectivity index (χ0v) is 11.5. The Morgan fingerprint density at radius 3 is 2.25 bits per heavy atom. The average Bonchev–Trinajstić information content (AvgIpc) is 2.37. The molecule has 0 amide bonds. The predicted octanol–water partition coefficient (Wildman–Crippen LogP) is 2.83. The van der Waals surface area contributed by atoms with Crippen molar-refractivity contribution in [1.29, 1.82) is 0 Å². The third kappa shape index (κ3) is 1.67. The second-order valence-corrected chi connectivity index (χ2v) is 7.16. The van der Waals surface area contributed by atoms with Crippen LogP contribution in [0.3, 0.4) is 0 Å². The van der Waals surface area contributed by atoms with Gasteiger partial charge in [0, 0.05) is 6.20 Å². The highest BCUT2D eigenvalue weighted by Gasteiger charge is 2.51. The Kier molecular flexibility index (Phi) is 2.41. The normalized spacial score (nSPS) is 38.1. The van der Waals surface area contributed by atoms with Crippen LogP contribution in [0.5, 0.6) is 0 Å². The number of carboxylic acid groups (broad SMARTS) is 1. The first kappa shape index (κ1) is 12.2. The first-order valence-corrected chi connectivity index (χ1v) is 7.55. The van der Waals surface area contributed by atoms with Gasteiger partial charge in [-0.25, -0.2) is 9.78 Å². The molecule has 0 aliphatic heterocycles. The number of nitrogen functional groups attached to an aromatic ring is 1. The van der Waals surface area contributed by atoms with Crippen molar-refractivity contribution in [3.8, 4) is 0 Å². The Morgan fingerprint density at radius 2 is 1.75 bits per heavy atom. The molecule has 5 rings (SSSR count). The number of aromatic nitrogens is 1. The molecule has 1 aromatic rings. The summed E-state index contributed by atoms with van der Waals surface area (Å²) in [6.07, 6.45) is 9.61. The number of pyridine rings is 1. The van der Waals surface area contributed by atoms with Crippen LogP contribution in [0.25, 0.3) is 0 Å². The van der Waals surface area contributed by atoms with Crippen molar-refractivity contribution < 1.29 is 9.90 Å². The summed E-state index contributed by atoms with van der Waals surface area (Å²) in [7, 11) is 0. The fourth-order valence-corrected chi connectivity index (χ4v) is 5.40. The maximum atomic E-state index is 11.3. The SMILES string of the molecule is Nc1ncc(C23CC4CC(CC(C4)C2)C3)cc1C(=O)O. The molecule has 4 saturated carbocycles. The van der Waals surface area contributed by atoms with E-state index in [1.165, 1.54) is 38.5 Å². The van der Waals surface area contributed by atoms with E-state index in [0.717, 1.165) is 23.3 Å². The van der Waals surface area contributed by atoms with Crippen LogP contribution in [0.1, 0.15) is 54.4 Å². The maximum Gasteiger partial charge on any atom is 0.339 e. The van der Waals surface area contributed by atoms with Gasteiger partial charge in [-0.3, -0.25) is 0 Å². The zero-order chi connectivity index (χ0) is 13.9. The molecule has 4 heteroatoms. The van der Waals surface area contributed by atoms with E-state index in [-0.39, 0.29) is 16.8 Å². The number of rotatable bonds is 2. The molecular formula is C16H20N2O2. The lowest BCUT2D eigenvalue weighted by molar-refractivity contribution is -0.00535. The van der Waals surface area contributed by atoms with Gasteiger partial charge in [0.05, 0.1) is 0 Å². The van der Waals surface area contributed by atoms with Crippen molar-refractivity contribution in [1.82, 2.24) is 4.98 Å². The Bertz CT molecular complexity index is 547. The van der Waals surface area contributed by atoms with Crippen LogP contribution in [-0.2, 0) is 5.41 Å². The molecule has 4 aliphatic rings. The summed E-state index contributed by atoms with van der Waals surface area (Å²) in [5.74, 6) is 1.68. The molecule has 4 nitrogen and oxygen atoms in total. The van der Waals surface area contributed by atoms with E-state index in [0.29, 0.717) is 0 Å². The summed E-state index contributed by atoms with van der Waals surface area (Å²) in [6.45, 7) is 0. The molecule has 0 aromatic carbocycles. The van der Waals surface area contributed by atoms with Crippen molar-refractivity contribution in [3.63, 3.8) is 0 Å². The van der Waals surface area contributed by atoms with Gasteiger partial charge in [-0.2, -0.15) is 0 Å². The van der Waals surface area contributed by atoms with Crippen LogP contribution in [0.15, 0.2) is 12.3 Å². The number of carbonyl (C=O) groups is 1. The second-order valence-electron chi connectivity index (χ2n) is 7.16. The maximum absolute atomic E-state index is 11.3. The van der Waals surface area contributed by atoms with Crippen molar-refractivity contribution in [2.75, 3.05) is 5.73 Å². The monoisotopic (exact) mass is 272 g/mol. The van der Waals surface area contributed by atoms with Crippen molar-refractivity contribution in [2.24, 2.45) is 17.8 Å². The number of nitrogens with two attached hydrogens (primary N) is 1.